The molecule has 3 aromatic rings. The summed E-state index contributed by atoms with van der Waals surface area (Å²) in [4.78, 5) is 0. The van der Waals surface area contributed by atoms with E-state index in [1.807, 2.05) is 54.6 Å². The van der Waals surface area contributed by atoms with Crippen LogP contribution < -0.4 is 0 Å². The van der Waals surface area contributed by atoms with Gasteiger partial charge in [-0.15, -0.1) is 0 Å². The Morgan fingerprint density at radius 1 is 0.696 bits per heavy atom. The summed E-state index contributed by atoms with van der Waals surface area (Å²) >= 11 is 0. The maximum absolute atomic E-state index is 7.94. The first kappa shape index (κ1) is 13.8. The van der Waals surface area contributed by atoms with Gasteiger partial charge in [0.15, 0.2) is 0 Å². The highest BCUT2D eigenvalue weighted by Crippen LogP contribution is 2.24. The molecule has 3 aromatic carbocycles. The average molecular weight is 297 g/mol. The second-order valence-corrected chi connectivity index (χ2v) is 5.41. The van der Waals surface area contributed by atoms with Crippen molar-refractivity contribution >= 4 is 17.2 Å². The quantitative estimate of drug-likeness (QED) is 0.390. The molecule has 0 heteroatoms. The molecule has 0 fully saturated rings. The summed E-state index contributed by atoms with van der Waals surface area (Å²) < 4.78 is 7.94. The van der Waals surface area contributed by atoms with Gasteiger partial charge in [-0.3, -0.25) is 0 Å². The van der Waals surface area contributed by atoms with Crippen LogP contribution in [0.2, 0.25) is 0 Å². The summed E-state index contributed by atoms with van der Waals surface area (Å²) in [6.07, 6.45) is 4.30. The summed E-state index contributed by atoms with van der Waals surface area (Å²) in [6.45, 7) is 0.253. The molecule has 0 aromatic heterocycles. The van der Waals surface area contributed by atoms with Crippen LogP contribution in [0.5, 0.6) is 0 Å². The van der Waals surface area contributed by atoms with Crippen LogP contribution in [0.4, 0.5) is 0 Å². The maximum atomic E-state index is 7.94. The first-order valence-electron chi connectivity index (χ1n) is 8.45. The molecule has 3 rings (SSSR count). The normalized spacial score (nSPS) is 12.8. The molecule has 0 saturated carbocycles. The first-order chi connectivity index (χ1) is 11.9. The lowest BCUT2D eigenvalue weighted by Gasteiger charge is -2.07. The summed E-state index contributed by atoms with van der Waals surface area (Å²) in [5, 5.41) is 0. The van der Waals surface area contributed by atoms with Gasteiger partial charge in [0.2, 0.25) is 0 Å². The van der Waals surface area contributed by atoms with Crippen molar-refractivity contribution in [2.45, 2.75) is 6.90 Å². The van der Waals surface area contributed by atoms with Crippen molar-refractivity contribution in [2.24, 2.45) is 0 Å². The molecule has 0 N–H and O–H groups in total. The third kappa shape index (κ3) is 4.08. The standard InChI is InChI=1S/C23H20/c1-19(21-13-7-3-8-14-21)17-23(22-15-9-4-10-16-22)18-20-11-5-2-6-12-20/h2-18H,1H3/b19-17-,23-18-/i1D. The zero-order chi connectivity index (χ0) is 16.6. The number of rotatable bonds is 4. The lowest BCUT2D eigenvalue weighted by Crippen LogP contribution is -1.84. The minimum Gasteiger partial charge on any atom is -0.0622 e. The minimum absolute atomic E-state index is 0.253. The summed E-state index contributed by atoms with van der Waals surface area (Å²) in [5.74, 6) is 0. The summed E-state index contributed by atoms with van der Waals surface area (Å²) in [7, 11) is 0. The van der Waals surface area contributed by atoms with Crippen LogP contribution in [0.3, 0.4) is 0 Å². The van der Waals surface area contributed by atoms with Crippen LogP contribution in [-0.4, -0.2) is 0 Å². The molecule has 0 radical (unpaired) electrons. The molecule has 0 spiro atoms. The largest absolute Gasteiger partial charge is 0.0622 e. The number of benzene rings is 3. The molecular weight excluding hydrogens is 276 g/mol. The Bertz CT molecular complexity index is 816. The van der Waals surface area contributed by atoms with E-state index in [0.29, 0.717) is 0 Å². The third-order valence-corrected chi connectivity index (χ3v) is 3.70. The highest BCUT2D eigenvalue weighted by molar-refractivity contribution is 5.92. The van der Waals surface area contributed by atoms with Gasteiger partial charge in [-0.2, -0.15) is 0 Å². The third-order valence-electron chi connectivity index (χ3n) is 3.70. The second kappa shape index (κ2) is 7.42. The Hall–Kier alpha value is -2.86. The molecule has 0 aliphatic heterocycles. The molecule has 0 amide bonds. The van der Waals surface area contributed by atoms with Crippen molar-refractivity contribution in [3.05, 3.63) is 114 Å². The number of hydrogen-bond acceptors (Lipinski definition) is 0. The fourth-order valence-electron chi connectivity index (χ4n) is 2.49. The van der Waals surface area contributed by atoms with Gasteiger partial charge < -0.3 is 0 Å². The molecule has 0 aliphatic rings. The van der Waals surface area contributed by atoms with Crippen LogP contribution in [0.1, 0.15) is 25.0 Å². The van der Waals surface area contributed by atoms with Crippen molar-refractivity contribution in [1.82, 2.24) is 0 Å². The van der Waals surface area contributed by atoms with Gasteiger partial charge in [0.05, 0.1) is 0 Å². The molecule has 0 aliphatic carbocycles. The van der Waals surface area contributed by atoms with E-state index in [4.69, 9.17) is 1.37 Å². The van der Waals surface area contributed by atoms with Gasteiger partial charge in [-0.05, 0) is 40.8 Å². The van der Waals surface area contributed by atoms with Gasteiger partial charge in [0.25, 0.3) is 0 Å². The van der Waals surface area contributed by atoms with Crippen molar-refractivity contribution < 1.29 is 1.37 Å². The Morgan fingerprint density at radius 2 is 1.22 bits per heavy atom. The van der Waals surface area contributed by atoms with E-state index in [-0.39, 0.29) is 6.90 Å². The molecule has 112 valence electrons. The highest BCUT2D eigenvalue weighted by atomic mass is 14.1. The zero-order valence-electron chi connectivity index (χ0n) is 14.0. The molecular formula is C23H20. The van der Waals surface area contributed by atoms with Crippen molar-refractivity contribution in [3.63, 3.8) is 0 Å². The Labute approximate surface area is 139 Å². The topological polar surface area (TPSA) is 0 Å². The van der Waals surface area contributed by atoms with E-state index in [2.05, 4.69) is 48.6 Å². The number of allylic oxidation sites excluding steroid dienone is 3. The van der Waals surface area contributed by atoms with Crippen molar-refractivity contribution in [2.75, 3.05) is 0 Å². The minimum atomic E-state index is 0.253. The predicted molar refractivity (Wildman–Crippen MR) is 101 cm³/mol. The van der Waals surface area contributed by atoms with E-state index < -0.39 is 0 Å². The van der Waals surface area contributed by atoms with Crippen molar-refractivity contribution in [1.29, 1.82) is 0 Å². The van der Waals surface area contributed by atoms with Gasteiger partial charge in [0, 0.05) is 1.37 Å². The average Bonchev–Trinajstić information content (AvgIpc) is 2.67. The van der Waals surface area contributed by atoms with E-state index in [1.54, 1.807) is 0 Å². The van der Waals surface area contributed by atoms with Gasteiger partial charge >= 0.3 is 0 Å². The molecule has 0 atom stereocenters. The van der Waals surface area contributed by atoms with E-state index in [0.717, 1.165) is 27.8 Å². The lowest BCUT2D eigenvalue weighted by atomic mass is 9.98. The van der Waals surface area contributed by atoms with Gasteiger partial charge in [-0.25, -0.2) is 0 Å². The van der Waals surface area contributed by atoms with Crippen LogP contribution in [0.25, 0.3) is 17.2 Å². The Morgan fingerprint density at radius 3 is 1.78 bits per heavy atom. The van der Waals surface area contributed by atoms with Crippen LogP contribution in [0.15, 0.2) is 97.1 Å². The smallest absolute Gasteiger partial charge is 0.0280 e. The fourth-order valence-corrected chi connectivity index (χ4v) is 2.49. The van der Waals surface area contributed by atoms with Crippen molar-refractivity contribution in [3.8, 4) is 0 Å². The monoisotopic (exact) mass is 297 g/mol. The zero-order valence-corrected chi connectivity index (χ0v) is 13.0. The first-order valence-corrected chi connectivity index (χ1v) is 7.74. The second-order valence-electron chi connectivity index (χ2n) is 5.41. The maximum Gasteiger partial charge on any atom is 0.0280 e. The molecule has 0 saturated heterocycles. The molecule has 0 nitrogen and oxygen atoms in total. The number of hydrogen-bond donors (Lipinski definition) is 0. The van der Waals surface area contributed by atoms with E-state index in [1.165, 1.54) is 0 Å². The van der Waals surface area contributed by atoms with Gasteiger partial charge in [-0.1, -0.05) is 97.1 Å². The molecule has 0 bridgehead atoms. The fraction of sp³-hybridized carbons (Fsp3) is 0.0435. The Balaban J connectivity index is 2.08. The summed E-state index contributed by atoms with van der Waals surface area (Å²) in [5.41, 5.74) is 5.55. The van der Waals surface area contributed by atoms with E-state index in [9.17, 15) is 0 Å². The summed E-state index contributed by atoms with van der Waals surface area (Å²) in [6, 6.07) is 30.8. The molecule has 23 heavy (non-hydrogen) atoms. The van der Waals surface area contributed by atoms with E-state index >= 15 is 0 Å². The highest BCUT2D eigenvalue weighted by Gasteiger charge is 2.01. The SMILES string of the molecule is [2H]C/C(=C/C(=C/c1ccccc1)c1ccccc1)c1ccccc1. The molecule has 0 heterocycles. The Kier molecular flexibility index (Phi) is 4.44. The van der Waals surface area contributed by atoms with Crippen LogP contribution in [-0.2, 0) is 0 Å². The lowest BCUT2D eigenvalue weighted by molar-refractivity contribution is 1.56. The van der Waals surface area contributed by atoms with Gasteiger partial charge in [0.1, 0.15) is 0 Å². The molecule has 0 unspecified atom stereocenters. The predicted octanol–water partition coefficient (Wildman–Crippen LogP) is 6.33. The van der Waals surface area contributed by atoms with Crippen LogP contribution in [0, 0.1) is 0 Å². The van der Waals surface area contributed by atoms with Crippen LogP contribution >= 0.6 is 0 Å².